The maximum absolute atomic E-state index is 6.20. The lowest BCUT2D eigenvalue weighted by Crippen LogP contribution is -1.83. The molecule has 1 N–H and O–H groups in total. The summed E-state index contributed by atoms with van der Waals surface area (Å²) in [5, 5.41) is 1.80. The summed E-state index contributed by atoms with van der Waals surface area (Å²) in [6.07, 6.45) is 3.96. The highest BCUT2D eigenvalue weighted by Crippen LogP contribution is 2.25. The highest BCUT2D eigenvalue weighted by Gasteiger charge is 2.02. The molecule has 0 fully saturated rings. The number of ether oxygens (including phenoxy) is 2. The van der Waals surface area contributed by atoms with E-state index in [0.717, 1.165) is 33.7 Å². The molecule has 3 rings (SSSR count). The van der Waals surface area contributed by atoms with Crippen LogP contribution in [0, 0.1) is 0 Å². The van der Waals surface area contributed by atoms with Gasteiger partial charge in [-0.1, -0.05) is 17.7 Å². The van der Waals surface area contributed by atoms with Crippen molar-refractivity contribution in [1.29, 1.82) is 0 Å². The van der Waals surface area contributed by atoms with Gasteiger partial charge in [-0.05, 0) is 54.1 Å². The Morgan fingerprint density at radius 1 is 0.909 bits per heavy atom. The Labute approximate surface area is 134 Å². The van der Waals surface area contributed by atoms with Crippen LogP contribution in [0.3, 0.4) is 0 Å². The highest BCUT2D eigenvalue weighted by atomic mass is 35.5. The zero-order chi connectivity index (χ0) is 15.5. The molecule has 0 unspecified atom stereocenters. The van der Waals surface area contributed by atoms with Gasteiger partial charge >= 0.3 is 0 Å². The van der Waals surface area contributed by atoms with Gasteiger partial charge in [-0.25, -0.2) is 0 Å². The molecule has 0 aliphatic heterocycles. The van der Waals surface area contributed by atoms with E-state index in [-0.39, 0.29) is 0 Å². The van der Waals surface area contributed by atoms with Crippen molar-refractivity contribution in [2.45, 2.75) is 0 Å². The summed E-state index contributed by atoms with van der Waals surface area (Å²) in [6.45, 7) is 0. The predicted molar refractivity (Wildman–Crippen MR) is 91.8 cm³/mol. The summed E-state index contributed by atoms with van der Waals surface area (Å²) >= 11 is 6.20. The number of nitrogens with one attached hydrogen (secondary N) is 1. The molecule has 2 aromatic carbocycles. The van der Waals surface area contributed by atoms with Crippen molar-refractivity contribution in [1.82, 2.24) is 4.98 Å². The van der Waals surface area contributed by atoms with E-state index < -0.39 is 0 Å². The van der Waals surface area contributed by atoms with Crippen molar-refractivity contribution in [3.8, 4) is 11.5 Å². The van der Waals surface area contributed by atoms with Crippen LogP contribution in [-0.4, -0.2) is 19.2 Å². The number of hydrogen-bond donors (Lipinski definition) is 1. The number of aromatic amines is 1. The number of methoxy groups -OCH3 is 2. The largest absolute Gasteiger partial charge is 0.497 e. The molecule has 0 aliphatic rings. The lowest BCUT2D eigenvalue weighted by molar-refractivity contribution is 0.414. The van der Waals surface area contributed by atoms with Gasteiger partial charge in [0.15, 0.2) is 0 Å². The van der Waals surface area contributed by atoms with Crippen molar-refractivity contribution in [2.75, 3.05) is 14.2 Å². The summed E-state index contributed by atoms with van der Waals surface area (Å²) in [6, 6.07) is 13.6. The van der Waals surface area contributed by atoms with Crippen LogP contribution >= 0.6 is 11.6 Å². The minimum Gasteiger partial charge on any atom is -0.497 e. The number of halogens is 1. The average Bonchev–Trinajstić information content (AvgIpc) is 2.95. The fraction of sp³-hybridized carbons (Fsp3) is 0.111. The van der Waals surface area contributed by atoms with Crippen molar-refractivity contribution < 1.29 is 9.47 Å². The molecule has 0 aliphatic carbocycles. The van der Waals surface area contributed by atoms with Crippen LogP contribution in [0.5, 0.6) is 11.5 Å². The van der Waals surface area contributed by atoms with E-state index in [9.17, 15) is 0 Å². The fourth-order valence-corrected chi connectivity index (χ4v) is 2.49. The predicted octanol–water partition coefficient (Wildman–Crippen LogP) is 5.01. The van der Waals surface area contributed by atoms with Gasteiger partial charge < -0.3 is 14.5 Å². The third-order valence-corrected chi connectivity index (χ3v) is 3.84. The van der Waals surface area contributed by atoms with E-state index in [4.69, 9.17) is 21.1 Å². The van der Waals surface area contributed by atoms with E-state index in [2.05, 4.69) is 11.1 Å². The van der Waals surface area contributed by atoms with Crippen molar-refractivity contribution in [2.24, 2.45) is 0 Å². The Morgan fingerprint density at radius 3 is 2.41 bits per heavy atom. The van der Waals surface area contributed by atoms with Crippen LogP contribution < -0.4 is 9.47 Å². The Morgan fingerprint density at radius 2 is 1.64 bits per heavy atom. The highest BCUT2D eigenvalue weighted by molar-refractivity contribution is 6.32. The molecule has 0 bridgehead atoms. The van der Waals surface area contributed by atoms with Gasteiger partial charge in [-0.3, -0.25) is 0 Å². The molecule has 1 aromatic heterocycles. The number of fused-ring (bicyclic) bond motifs is 1. The first-order chi connectivity index (χ1) is 10.7. The van der Waals surface area contributed by atoms with E-state index in [0.29, 0.717) is 5.02 Å². The SMILES string of the molecule is COc1ccc(Cl)c(C=Cc2cc3cc(OC)ccc3[nH]2)c1. The summed E-state index contributed by atoms with van der Waals surface area (Å²) in [5.74, 6) is 1.63. The molecule has 1 heterocycles. The Balaban J connectivity index is 1.92. The maximum Gasteiger partial charge on any atom is 0.119 e. The molecule has 0 saturated heterocycles. The van der Waals surface area contributed by atoms with Crippen molar-refractivity contribution >= 4 is 34.7 Å². The molecule has 3 nitrogen and oxygen atoms in total. The van der Waals surface area contributed by atoms with E-state index in [1.165, 1.54) is 0 Å². The zero-order valence-electron chi connectivity index (χ0n) is 12.4. The van der Waals surface area contributed by atoms with E-state index in [1.54, 1.807) is 14.2 Å². The second-order valence-corrected chi connectivity index (χ2v) is 5.31. The monoisotopic (exact) mass is 313 g/mol. The molecule has 0 amide bonds. The van der Waals surface area contributed by atoms with Gasteiger partial charge in [0.2, 0.25) is 0 Å². The lowest BCUT2D eigenvalue weighted by Gasteiger charge is -2.02. The summed E-state index contributed by atoms with van der Waals surface area (Å²) < 4.78 is 10.5. The normalized spacial score (nSPS) is 11.2. The quantitative estimate of drug-likeness (QED) is 0.734. The number of aromatic nitrogens is 1. The van der Waals surface area contributed by atoms with Crippen LogP contribution in [0.15, 0.2) is 42.5 Å². The number of rotatable bonds is 4. The molecule has 0 radical (unpaired) electrons. The Bertz CT molecular complexity index is 836. The minimum absolute atomic E-state index is 0.690. The molecule has 0 spiro atoms. The first kappa shape index (κ1) is 14.5. The maximum atomic E-state index is 6.20. The summed E-state index contributed by atoms with van der Waals surface area (Å²) in [5.41, 5.74) is 2.98. The molecule has 112 valence electrons. The number of hydrogen-bond acceptors (Lipinski definition) is 2. The van der Waals surface area contributed by atoms with Crippen LogP contribution in [0.1, 0.15) is 11.3 Å². The van der Waals surface area contributed by atoms with Gasteiger partial charge in [-0.15, -0.1) is 0 Å². The van der Waals surface area contributed by atoms with Crippen molar-refractivity contribution in [3.63, 3.8) is 0 Å². The van der Waals surface area contributed by atoms with Gasteiger partial charge in [0, 0.05) is 21.6 Å². The average molecular weight is 314 g/mol. The van der Waals surface area contributed by atoms with Gasteiger partial charge in [-0.2, -0.15) is 0 Å². The van der Waals surface area contributed by atoms with Crippen LogP contribution in [0.4, 0.5) is 0 Å². The summed E-state index contributed by atoms with van der Waals surface area (Å²) in [4.78, 5) is 3.35. The molecule has 0 saturated carbocycles. The molecular weight excluding hydrogens is 298 g/mol. The molecule has 0 atom stereocenters. The smallest absolute Gasteiger partial charge is 0.119 e. The first-order valence-corrected chi connectivity index (χ1v) is 7.26. The van der Waals surface area contributed by atoms with Crippen LogP contribution in [0.2, 0.25) is 5.02 Å². The van der Waals surface area contributed by atoms with Crippen LogP contribution in [-0.2, 0) is 0 Å². The molecule has 3 aromatic rings. The van der Waals surface area contributed by atoms with E-state index >= 15 is 0 Å². The second kappa shape index (κ2) is 6.16. The van der Waals surface area contributed by atoms with Gasteiger partial charge in [0.1, 0.15) is 11.5 Å². The molecule has 4 heteroatoms. The van der Waals surface area contributed by atoms with Crippen LogP contribution in [0.25, 0.3) is 23.1 Å². The second-order valence-electron chi connectivity index (χ2n) is 4.90. The standard InChI is InChI=1S/C18H16ClNO2/c1-21-15-5-7-17(19)12(10-15)3-4-14-9-13-11-16(22-2)6-8-18(13)20-14/h3-11,20H,1-2H3. The Hall–Kier alpha value is -2.39. The molecule has 22 heavy (non-hydrogen) atoms. The Kier molecular flexibility index (Phi) is 4.07. The first-order valence-electron chi connectivity index (χ1n) is 6.88. The topological polar surface area (TPSA) is 34.2 Å². The van der Waals surface area contributed by atoms with Crippen molar-refractivity contribution in [3.05, 3.63) is 58.7 Å². The lowest BCUT2D eigenvalue weighted by atomic mass is 10.2. The number of benzene rings is 2. The van der Waals surface area contributed by atoms with Gasteiger partial charge in [0.05, 0.1) is 14.2 Å². The summed E-state index contributed by atoms with van der Waals surface area (Å²) in [7, 11) is 3.31. The third-order valence-electron chi connectivity index (χ3n) is 3.49. The fourth-order valence-electron chi connectivity index (χ4n) is 2.31. The minimum atomic E-state index is 0.690. The number of H-pyrrole nitrogens is 1. The van der Waals surface area contributed by atoms with Gasteiger partial charge in [0.25, 0.3) is 0 Å². The molecular formula is C18H16ClNO2. The third kappa shape index (κ3) is 2.95. The zero-order valence-corrected chi connectivity index (χ0v) is 13.1. The van der Waals surface area contributed by atoms with E-state index in [1.807, 2.05) is 48.6 Å².